The first-order valence-electron chi connectivity index (χ1n) is 13.1. The standard InChI is InChI=1S/C28H34FN3O5S.ClH/c1-3-36-25(33)16-23(28(35)37-4-2)32-14-11-20(30-32)15-19-17-31(13-12-24(19)38)26(27(34)18-9-10-18)21-7-5-6-8-22(21)29;/h5-8,11,14-15,18,23-24,26,38H,3-4,9-10,12-13,16-17H2,1-2H3;1H/b19-15+;. The number of hydrogen-bond donors (Lipinski definition) is 1. The van der Waals surface area contributed by atoms with E-state index in [0.717, 1.165) is 18.4 Å². The Morgan fingerprint density at radius 3 is 2.51 bits per heavy atom. The summed E-state index contributed by atoms with van der Waals surface area (Å²) in [7, 11) is 0. The van der Waals surface area contributed by atoms with Crippen LogP contribution in [0.1, 0.15) is 62.9 Å². The molecule has 1 aliphatic carbocycles. The molecule has 0 N–H and O–H groups in total. The van der Waals surface area contributed by atoms with Crippen molar-refractivity contribution in [1.82, 2.24) is 14.7 Å². The van der Waals surface area contributed by atoms with E-state index in [0.29, 0.717) is 30.8 Å². The molecule has 0 radical (unpaired) electrons. The summed E-state index contributed by atoms with van der Waals surface area (Å²) in [6.07, 6.45) is 5.70. The lowest BCUT2D eigenvalue weighted by molar-refractivity contribution is -0.154. The van der Waals surface area contributed by atoms with E-state index in [1.54, 1.807) is 44.3 Å². The molecule has 1 aliphatic heterocycles. The predicted molar refractivity (Wildman–Crippen MR) is 150 cm³/mol. The molecule has 11 heteroatoms. The molecule has 39 heavy (non-hydrogen) atoms. The number of thiol groups is 1. The number of hydrogen-bond acceptors (Lipinski definition) is 8. The highest BCUT2D eigenvalue weighted by atomic mass is 35.5. The second-order valence-corrected chi connectivity index (χ2v) is 10.2. The number of carbonyl (C=O) groups excluding carboxylic acids is 3. The lowest BCUT2D eigenvalue weighted by Crippen LogP contribution is -2.42. The van der Waals surface area contributed by atoms with Gasteiger partial charge in [0, 0.05) is 36.0 Å². The van der Waals surface area contributed by atoms with Gasteiger partial charge in [0.1, 0.15) is 5.82 Å². The minimum Gasteiger partial charge on any atom is -0.466 e. The Labute approximate surface area is 239 Å². The second kappa shape index (κ2) is 14.1. The van der Waals surface area contributed by atoms with Gasteiger partial charge in [-0.2, -0.15) is 17.7 Å². The maximum absolute atomic E-state index is 14.8. The summed E-state index contributed by atoms with van der Waals surface area (Å²) in [5, 5.41) is 4.46. The lowest BCUT2D eigenvalue weighted by Gasteiger charge is -2.37. The highest BCUT2D eigenvalue weighted by Gasteiger charge is 2.41. The van der Waals surface area contributed by atoms with Crippen LogP contribution in [0.3, 0.4) is 0 Å². The Balaban J connectivity index is 0.00000420. The smallest absolute Gasteiger partial charge is 0.331 e. The molecule has 0 spiro atoms. The molecule has 4 rings (SSSR count). The molecule has 3 unspecified atom stereocenters. The van der Waals surface area contributed by atoms with Crippen molar-refractivity contribution < 1.29 is 28.2 Å². The van der Waals surface area contributed by atoms with E-state index in [1.165, 1.54) is 10.7 Å². The zero-order valence-corrected chi connectivity index (χ0v) is 23.8. The number of carbonyl (C=O) groups is 3. The fourth-order valence-corrected chi connectivity index (χ4v) is 5.04. The summed E-state index contributed by atoms with van der Waals surface area (Å²) in [5.74, 6) is -1.41. The molecule has 0 bridgehead atoms. The Morgan fingerprint density at radius 2 is 1.85 bits per heavy atom. The molecule has 1 saturated heterocycles. The zero-order valence-electron chi connectivity index (χ0n) is 22.1. The third kappa shape index (κ3) is 7.70. The number of ketones is 1. The zero-order chi connectivity index (χ0) is 27.2. The number of aromatic nitrogens is 2. The number of likely N-dealkylation sites (tertiary alicyclic amines) is 1. The molecular formula is C28H35ClFN3O5S. The van der Waals surface area contributed by atoms with E-state index in [1.807, 2.05) is 11.0 Å². The Morgan fingerprint density at radius 1 is 1.13 bits per heavy atom. The molecule has 1 saturated carbocycles. The van der Waals surface area contributed by atoms with Gasteiger partial charge in [0.15, 0.2) is 11.8 Å². The van der Waals surface area contributed by atoms with Gasteiger partial charge in [0.05, 0.1) is 31.4 Å². The number of ether oxygens (including phenoxy) is 2. The van der Waals surface area contributed by atoms with Crippen molar-refractivity contribution in [3.63, 3.8) is 0 Å². The fourth-order valence-electron chi connectivity index (χ4n) is 4.77. The van der Waals surface area contributed by atoms with E-state index in [-0.39, 0.29) is 54.8 Å². The largest absolute Gasteiger partial charge is 0.466 e. The Bertz CT molecular complexity index is 1200. The first kappa shape index (κ1) is 30.8. The predicted octanol–water partition coefficient (Wildman–Crippen LogP) is 4.61. The molecule has 1 aromatic carbocycles. The van der Waals surface area contributed by atoms with Crippen LogP contribution in [0.4, 0.5) is 4.39 Å². The topological polar surface area (TPSA) is 90.7 Å². The van der Waals surface area contributed by atoms with Gasteiger partial charge in [-0.15, -0.1) is 12.4 Å². The number of nitrogens with zero attached hydrogens (tertiary/aromatic N) is 3. The minimum absolute atomic E-state index is 0. The van der Waals surface area contributed by atoms with Crippen molar-refractivity contribution in [3.05, 3.63) is 59.2 Å². The van der Waals surface area contributed by atoms with Crippen molar-refractivity contribution in [3.8, 4) is 0 Å². The van der Waals surface area contributed by atoms with E-state index in [9.17, 15) is 18.8 Å². The average Bonchev–Trinajstić information content (AvgIpc) is 3.65. The maximum atomic E-state index is 14.8. The Kier molecular flexibility index (Phi) is 11.1. The molecule has 2 fully saturated rings. The van der Waals surface area contributed by atoms with Crippen LogP contribution in [0.25, 0.3) is 6.08 Å². The van der Waals surface area contributed by atoms with E-state index < -0.39 is 24.0 Å². The van der Waals surface area contributed by atoms with Crippen molar-refractivity contribution >= 4 is 48.8 Å². The SMILES string of the molecule is CCOC(=O)CC(C(=O)OCC)n1ccc(/C=C2\CN(C(C(=O)C3CC3)c3ccccc3F)CCC2S)n1.Cl. The van der Waals surface area contributed by atoms with Gasteiger partial charge in [-0.1, -0.05) is 18.2 Å². The van der Waals surface area contributed by atoms with Crippen LogP contribution in [-0.2, 0) is 23.9 Å². The van der Waals surface area contributed by atoms with Crippen LogP contribution in [0, 0.1) is 11.7 Å². The average molecular weight is 580 g/mol. The number of halogens is 2. The third-order valence-electron chi connectivity index (χ3n) is 6.82. The fraction of sp³-hybridized carbons (Fsp3) is 0.500. The molecule has 2 aliphatic rings. The first-order valence-corrected chi connectivity index (χ1v) is 13.6. The summed E-state index contributed by atoms with van der Waals surface area (Å²) < 4.78 is 26.4. The van der Waals surface area contributed by atoms with Crippen LogP contribution in [0.2, 0.25) is 0 Å². The second-order valence-electron chi connectivity index (χ2n) is 9.59. The van der Waals surface area contributed by atoms with Crippen molar-refractivity contribution in [1.29, 1.82) is 0 Å². The lowest BCUT2D eigenvalue weighted by atomic mass is 9.93. The number of esters is 2. The first-order chi connectivity index (χ1) is 18.3. The molecule has 8 nitrogen and oxygen atoms in total. The molecule has 0 amide bonds. The van der Waals surface area contributed by atoms with Crippen LogP contribution in [0.15, 0.2) is 42.1 Å². The molecule has 2 aromatic rings. The highest BCUT2D eigenvalue weighted by molar-refractivity contribution is 7.81. The van der Waals surface area contributed by atoms with E-state index >= 15 is 0 Å². The monoisotopic (exact) mass is 579 g/mol. The quantitative estimate of drug-likeness (QED) is 0.307. The van der Waals surface area contributed by atoms with Crippen LogP contribution in [-0.4, -0.2) is 64.0 Å². The summed E-state index contributed by atoms with van der Waals surface area (Å²) in [5.41, 5.74) is 1.92. The molecule has 1 aromatic heterocycles. The summed E-state index contributed by atoms with van der Waals surface area (Å²) in [6, 6.07) is 6.63. The molecule has 212 valence electrons. The maximum Gasteiger partial charge on any atom is 0.331 e. The van der Waals surface area contributed by atoms with Crippen molar-refractivity contribution in [2.45, 2.75) is 56.9 Å². The van der Waals surface area contributed by atoms with Gasteiger partial charge < -0.3 is 9.47 Å². The number of benzene rings is 1. The van der Waals surface area contributed by atoms with Gasteiger partial charge in [0.25, 0.3) is 0 Å². The normalized spacial score (nSPS) is 20.1. The van der Waals surface area contributed by atoms with Crippen LogP contribution >= 0.6 is 25.0 Å². The van der Waals surface area contributed by atoms with Crippen LogP contribution < -0.4 is 0 Å². The number of Topliss-reactive ketones (excluding diaryl/α,β-unsaturated/α-hetero) is 1. The molecule has 3 atom stereocenters. The van der Waals surface area contributed by atoms with Crippen LogP contribution in [0.5, 0.6) is 0 Å². The van der Waals surface area contributed by atoms with E-state index in [4.69, 9.17) is 22.1 Å². The molecular weight excluding hydrogens is 545 g/mol. The van der Waals surface area contributed by atoms with Gasteiger partial charge in [-0.05, 0) is 56.9 Å². The summed E-state index contributed by atoms with van der Waals surface area (Å²) in [4.78, 5) is 40.0. The van der Waals surface area contributed by atoms with Crippen molar-refractivity contribution in [2.75, 3.05) is 26.3 Å². The number of rotatable bonds is 11. The third-order valence-corrected chi connectivity index (χ3v) is 7.41. The van der Waals surface area contributed by atoms with Gasteiger partial charge in [0.2, 0.25) is 0 Å². The Hall–Kier alpha value is -2.69. The van der Waals surface area contributed by atoms with Gasteiger partial charge in [-0.25, -0.2) is 9.18 Å². The summed E-state index contributed by atoms with van der Waals surface area (Å²) in [6.45, 7) is 4.83. The van der Waals surface area contributed by atoms with Gasteiger partial charge in [-0.3, -0.25) is 19.2 Å². The number of piperidine rings is 1. The van der Waals surface area contributed by atoms with Gasteiger partial charge >= 0.3 is 11.9 Å². The molecule has 2 heterocycles. The van der Waals surface area contributed by atoms with E-state index in [2.05, 4.69) is 5.10 Å². The minimum atomic E-state index is -0.947. The summed E-state index contributed by atoms with van der Waals surface area (Å²) >= 11 is 4.76. The van der Waals surface area contributed by atoms with Crippen molar-refractivity contribution in [2.24, 2.45) is 5.92 Å². The highest BCUT2D eigenvalue weighted by Crippen LogP contribution is 2.39.